The normalized spacial score (nSPS) is 10.7. The average molecular weight is 386 g/mol. The lowest BCUT2D eigenvalue weighted by Crippen LogP contribution is -2.36. The zero-order valence-electron chi connectivity index (χ0n) is 14.7. The molecule has 0 aliphatic carbocycles. The van der Waals surface area contributed by atoms with Crippen LogP contribution in [-0.2, 0) is 0 Å². The van der Waals surface area contributed by atoms with Gasteiger partial charge in [0.1, 0.15) is 17.1 Å². The van der Waals surface area contributed by atoms with Crippen LogP contribution in [0.4, 0.5) is 17.1 Å². The number of anilines is 3. The van der Waals surface area contributed by atoms with Crippen LogP contribution in [0.3, 0.4) is 0 Å². The van der Waals surface area contributed by atoms with Crippen molar-refractivity contribution in [2.45, 2.75) is 19.3 Å². The first-order valence-electron chi connectivity index (χ1n) is 8.78. The van der Waals surface area contributed by atoms with Gasteiger partial charge in [-0.05, 0) is 55.7 Å². The molecule has 7 heteroatoms. The van der Waals surface area contributed by atoms with E-state index in [0.717, 1.165) is 30.7 Å². The molecule has 2 aromatic carbocycles. The van der Waals surface area contributed by atoms with Crippen molar-refractivity contribution in [3.63, 3.8) is 0 Å². The summed E-state index contributed by atoms with van der Waals surface area (Å²) in [6, 6.07) is 10.7. The molecule has 1 heterocycles. The molecule has 0 radical (unpaired) electrons. The number of unbranched alkanes of at least 4 members (excludes halogenated alkanes) is 2. The zero-order chi connectivity index (χ0) is 19.1. The fourth-order valence-electron chi connectivity index (χ4n) is 2.60. The smallest absolute Gasteiger partial charge is 0.253 e. The molecule has 3 aromatic rings. The number of aromatic nitrogens is 1. The van der Waals surface area contributed by atoms with E-state index in [1.807, 2.05) is 12.1 Å². The number of rotatable bonds is 10. The molecular weight excluding hydrogens is 366 g/mol. The molecule has 2 N–H and O–H groups in total. The van der Waals surface area contributed by atoms with Crippen molar-refractivity contribution in [3.8, 4) is 5.75 Å². The van der Waals surface area contributed by atoms with Gasteiger partial charge in [-0.3, -0.25) is 14.6 Å². The summed E-state index contributed by atoms with van der Waals surface area (Å²) in [5, 5.41) is 6.71. The van der Waals surface area contributed by atoms with Crippen molar-refractivity contribution in [1.82, 2.24) is 4.98 Å². The number of ether oxygens (including phenoxy) is 1. The second kappa shape index (κ2) is 9.19. The van der Waals surface area contributed by atoms with E-state index in [-0.39, 0.29) is 0 Å². The van der Waals surface area contributed by atoms with Crippen LogP contribution in [-0.4, -0.2) is 18.1 Å². The fourth-order valence-corrected chi connectivity index (χ4v) is 2.72. The van der Waals surface area contributed by atoms with Crippen molar-refractivity contribution in [1.29, 1.82) is 0 Å². The van der Waals surface area contributed by atoms with E-state index in [0.29, 0.717) is 29.5 Å². The maximum absolute atomic E-state index is 11.8. The highest BCUT2D eigenvalue weighted by Gasteiger charge is 2.20. The topological polar surface area (TPSA) is 80.3 Å². The quantitative estimate of drug-likeness (QED) is 0.409. The summed E-state index contributed by atoms with van der Waals surface area (Å²) in [5.41, 5.74) is 0.425. The van der Waals surface area contributed by atoms with Crippen LogP contribution in [0.15, 0.2) is 58.4 Å². The molecule has 6 nitrogen and oxygen atoms in total. The van der Waals surface area contributed by atoms with E-state index in [2.05, 4.69) is 15.6 Å². The number of benzene rings is 1. The first-order valence-corrected chi connectivity index (χ1v) is 9.15. The number of nitrogens with zero attached hydrogens (tertiary/aromatic N) is 1. The van der Waals surface area contributed by atoms with Crippen LogP contribution in [0.25, 0.3) is 0 Å². The Balaban J connectivity index is 1.37. The van der Waals surface area contributed by atoms with Gasteiger partial charge >= 0.3 is 0 Å². The molecule has 0 saturated heterocycles. The summed E-state index contributed by atoms with van der Waals surface area (Å²) in [4.78, 5) is 27.4. The first-order chi connectivity index (χ1) is 13.1. The summed E-state index contributed by atoms with van der Waals surface area (Å²) in [6.07, 6.45) is 5.96. The highest BCUT2D eigenvalue weighted by atomic mass is 35.5. The van der Waals surface area contributed by atoms with Crippen molar-refractivity contribution in [2.75, 3.05) is 23.8 Å². The standard InChI is InChI=1S/C20H20ClN3O3/c21-14-4-6-16(7-5-14)27-13-3-1-2-10-23-17-18(20(26)19(17)25)24-15-8-11-22-12-9-15/h4-9,11-12,23H,1-3,10,13H2,(H,22,24). The van der Waals surface area contributed by atoms with Gasteiger partial charge in [0, 0.05) is 29.6 Å². The minimum Gasteiger partial charge on any atom is -0.494 e. The molecular formula is C20H20ClN3O3. The van der Waals surface area contributed by atoms with Gasteiger partial charge < -0.3 is 15.4 Å². The van der Waals surface area contributed by atoms with Gasteiger partial charge in [-0.15, -0.1) is 0 Å². The highest BCUT2D eigenvalue weighted by molar-refractivity contribution is 6.30. The Labute approximate surface area is 161 Å². The first kappa shape index (κ1) is 18.9. The van der Waals surface area contributed by atoms with Gasteiger partial charge in [-0.25, -0.2) is 0 Å². The van der Waals surface area contributed by atoms with Gasteiger partial charge in [0.15, 0.2) is 0 Å². The van der Waals surface area contributed by atoms with E-state index < -0.39 is 10.9 Å². The second-order valence-corrected chi connectivity index (χ2v) is 6.50. The largest absolute Gasteiger partial charge is 0.494 e. The van der Waals surface area contributed by atoms with Gasteiger partial charge in [-0.2, -0.15) is 0 Å². The second-order valence-electron chi connectivity index (χ2n) is 6.06. The number of hydrogen-bond acceptors (Lipinski definition) is 6. The van der Waals surface area contributed by atoms with Crippen molar-refractivity contribution < 1.29 is 4.74 Å². The average Bonchev–Trinajstić information content (AvgIpc) is 2.70. The predicted octanol–water partition coefficient (Wildman–Crippen LogP) is 3.74. The van der Waals surface area contributed by atoms with Crippen molar-refractivity contribution in [3.05, 3.63) is 74.3 Å². The Morgan fingerprint density at radius 1 is 0.889 bits per heavy atom. The summed E-state index contributed by atoms with van der Waals surface area (Å²) >= 11 is 5.83. The van der Waals surface area contributed by atoms with Crippen molar-refractivity contribution in [2.24, 2.45) is 0 Å². The molecule has 1 aromatic heterocycles. The maximum atomic E-state index is 11.8. The third-order valence-electron chi connectivity index (χ3n) is 4.07. The molecule has 0 unspecified atom stereocenters. The number of hydrogen-bond donors (Lipinski definition) is 2. The van der Waals surface area contributed by atoms with Crippen LogP contribution in [0.1, 0.15) is 19.3 Å². The van der Waals surface area contributed by atoms with Crippen LogP contribution in [0, 0.1) is 0 Å². The molecule has 0 bridgehead atoms. The molecule has 0 saturated carbocycles. The summed E-state index contributed by atoms with van der Waals surface area (Å²) in [6.45, 7) is 1.24. The third-order valence-corrected chi connectivity index (χ3v) is 4.32. The van der Waals surface area contributed by atoms with Crippen LogP contribution in [0.2, 0.25) is 5.02 Å². The number of nitrogens with one attached hydrogen (secondary N) is 2. The van der Waals surface area contributed by atoms with E-state index in [1.54, 1.807) is 36.7 Å². The van der Waals surface area contributed by atoms with E-state index >= 15 is 0 Å². The molecule has 0 aliphatic rings. The Kier molecular flexibility index (Phi) is 6.44. The SMILES string of the molecule is O=c1c(NCCCCCOc2ccc(Cl)cc2)c(Nc2ccncc2)c1=O. The summed E-state index contributed by atoms with van der Waals surface area (Å²) in [7, 11) is 0. The molecule has 0 spiro atoms. The van der Waals surface area contributed by atoms with E-state index in [1.165, 1.54) is 0 Å². The summed E-state index contributed by atoms with van der Waals surface area (Å²) < 4.78 is 5.63. The molecule has 3 rings (SSSR count). The molecule has 0 aliphatic heterocycles. The fraction of sp³-hybridized carbons (Fsp3) is 0.250. The predicted molar refractivity (Wildman–Crippen MR) is 108 cm³/mol. The zero-order valence-corrected chi connectivity index (χ0v) is 15.5. The summed E-state index contributed by atoms with van der Waals surface area (Å²) in [5.74, 6) is 0.799. The van der Waals surface area contributed by atoms with Gasteiger partial charge in [-0.1, -0.05) is 11.6 Å². The van der Waals surface area contributed by atoms with Crippen LogP contribution in [0.5, 0.6) is 5.75 Å². The molecule has 27 heavy (non-hydrogen) atoms. The molecule has 140 valence electrons. The molecule has 0 amide bonds. The van der Waals surface area contributed by atoms with Crippen LogP contribution < -0.4 is 26.2 Å². The van der Waals surface area contributed by atoms with Crippen LogP contribution >= 0.6 is 11.6 Å². The third kappa shape index (κ3) is 5.08. The molecule has 0 atom stereocenters. The molecule has 0 fully saturated rings. The minimum atomic E-state index is -0.495. The highest BCUT2D eigenvalue weighted by Crippen LogP contribution is 2.20. The van der Waals surface area contributed by atoms with E-state index in [4.69, 9.17) is 16.3 Å². The number of pyridine rings is 1. The van der Waals surface area contributed by atoms with Gasteiger partial charge in [0.2, 0.25) is 0 Å². The van der Waals surface area contributed by atoms with Gasteiger partial charge in [0.25, 0.3) is 10.9 Å². The lowest BCUT2D eigenvalue weighted by Gasteiger charge is -2.14. The number of halogens is 1. The lowest BCUT2D eigenvalue weighted by atomic mass is 10.1. The Morgan fingerprint density at radius 2 is 1.59 bits per heavy atom. The van der Waals surface area contributed by atoms with Crippen molar-refractivity contribution >= 4 is 28.7 Å². The lowest BCUT2D eigenvalue weighted by molar-refractivity contribution is 0.306. The minimum absolute atomic E-state index is 0.317. The van der Waals surface area contributed by atoms with E-state index in [9.17, 15) is 9.59 Å². The Bertz CT molecular complexity index is 936. The van der Waals surface area contributed by atoms with Gasteiger partial charge in [0.05, 0.1) is 6.61 Å². The Morgan fingerprint density at radius 3 is 2.33 bits per heavy atom. The monoisotopic (exact) mass is 385 g/mol. The maximum Gasteiger partial charge on any atom is 0.253 e. The Hall–Kier alpha value is -2.86.